The molecule has 1 aliphatic rings. The van der Waals surface area contributed by atoms with Crippen molar-refractivity contribution in [3.63, 3.8) is 0 Å². The molecule has 0 saturated carbocycles. The molecule has 0 aliphatic carbocycles. The highest BCUT2D eigenvalue weighted by Gasteiger charge is 2.11. The molecule has 0 atom stereocenters. The maximum absolute atomic E-state index is 12.2. The third kappa shape index (κ3) is 4.48. The Morgan fingerprint density at radius 1 is 1.07 bits per heavy atom. The van der Waals surface area contributed by atoms with E-state index in [0.717, 1.165) is 35.5 Å². The summed E-state index contributed by atoms with van der Waals surface area (Å²) in [6, 6.07) is 16.5. The zero-order valence-electron chi connectivity index (χ0n) is 15.6. The first-order valence-electron chi connectivity index (χ1n) is 9.82. The van der Waals surface area contributed by atoms with E-state index in [2.05, 4.69) is 44.5 Å². The number of H-pyrrole nitrogens is 1. The topological polar surface area (TPSA) is 61.0 Å². The van der Waals surface area contributed by atoms with Crippen LogP contribution in [-0.2, 0) is 17.8 Å². The van der Waals surface area contributed by atoms with E-state index >= 15 is 0 Å². The van der Waals surface area contributed by atoms with E-state index in [-0.39, 0.29) is 5.91 Å². The van der Waals surface area contributed by atoms with Crippen molar-refractivity contribution >= 4 is 22.6 Å². The summed E-state index contributed by atoms with van der Waals surface area (Å²) in [4.78, 5) is 22.5. The molecule has 5 heteroatoms. The van der Waals surface area contributed by atoms with Gasteiger partial charge in [-0.3, -0.25) is 4.79 Å². The lowest BCUT2D eigenvalue weighted by Crippen LogP contribution is -2.29. The minimum atomic E-state index is 0.0545. The van der Waals surface area contributed by atoms with Crippen LogP contribution >= 0.6 is 0 Å². The lowest BCUT2D eigenvalue weighted by atomic mass is 10.1. The van der Waals surface area contributed by atoms with Crippen molar-refractivity contribution < 1.29 is 4.79 Å². The number of aromatic nitrogens is 2. The third-order valence-electron chi connectivity index (χ3n) is 5.15. The quantitative estimate of drug-likeness (QED) is 0.701. The number of fused-ring (bicyclic) bond motifs is 1. The van der Waals surface area contributed by atoms with Crippen molar-refractivity contribution in [2.24, 2.45) is 0 Å². The van der Waals surface area contributed by atoms with Crippen LogP contribution in [0.1, 0.15) is 37.1 Å². The summed E-state index contributed by atoms with van der Waals surface area (Å²) in [6.45, 7) is 2.83. The first-order chi connectivity index (χ1) is 13.3. The number of anilines is 1. The molecule has 0 unspecified atom stereocenters. The molecule has 0 spiro atoms. The smallest absolute Gasteiger partial charge is 0.220 e. The van der Waals surface area contributed by atoms with Gasteiger partial charge in [0, 0.05) is 38.2 Å². The molecule has 3 aromatic rings. The minimum Gasteiger partial charge on any atom is -0.372 e. The molecule has 2 aromatic carbocycles. The number of carbonyl (C=O) groups is 1. The summed E-state index contributed by atoms with van der Waals surface area (Å²) < 4.78 is 0. The van der Waals surface area contributed by atoms with Crippen LogP contribution in [-0.4, -0.2) is 29.0 Å². The summed E-state index contributed by atoms with van der Waals surface area (Å²) in [5.74, 6) is 0.914. The molecule has 1 saturated heterocycles. The number of piperidine rings is 1. The second-order valence-electron chi connectivity index (χ2n) is 7.19. The zero-order valence-corrected chi connectivity index (χ0v) is 15.6. The number of hydrogen-bond donors (Lipinski definition) is 2. The largest absolute Gasteiger partial charge is 0.372 e. The van der Waals surface area contributed by atoms with Crippen molar-refractivity contribution in [1.82, 2.24) is 15.3 Å². The van der Waals surface area contributed by atoms with Gasteiger partial charge in [0.2, 0.25) is 5.91 Å². The van der Waals surface area contributed by atoms with Crippen molar-refractivity contribution in [3.05, 3.63) is 59.9 Å². The number of hydrogen-bond acceptors (Lipinski definition) is 3. The second-order valence-corrected chi connectivity index (χ2v) is 7.19. The van der Waals surface area contributed by atoms with Crippen molar-refractivity contribution in [2.45, 2.75) is 38.6 Å². The number of aryl methyl sites for hydroxylation is 1. The zero-order chi connectivity index (χ0) is 18.5. The van der Waals surface area contributed by atoms with Gasteiger partial charge in [-0.25, -0.2) is 4.98 Å². The fourth-order valence-corrected chi connectivity index (χ4v) is 3.66. The maximum Gasteiger partial charge on any atom is 0.220 e. The molecule has 2 heterocycles. The van der Waals surface area contributed by atoms with E-state index in [1.54, 1.807) is 0 Å². The predicted molar refractivity (Wildman–Crippen MR) is 109 cm³/mol. The van der Waals surface area contributed by atoms with Crippen LogP contribution in [0.15, 0.2) is 48.5 Å². The lowest BCUT2D eigenvalue weighted by molar-refractivity contribution is -0.121. The number of imidazole rings is 1. The molecule has 4 rings (SSSR count). The van der Waals surface area contributed by atoms with Gasteiger partial charge >= 0.3 is 0 Å². The molecule has 0 bridgehead atoms. The molecule has 1 aliphatic heterocycles. The Kier molecular flexibility index (Phi) is 5.37. The first-order valence-corrected chi connectivity index (χ1v) is 9.82. The van der Waals surface area contributed by atoms with Crippen LogP contribution in [0.4, 0.5) is 5.69 Å². The lowest BCUT2D eigenvalue weighted by Gasteiger charge is -2.29. The molecule has 140 valence electrons. The molecular formula is C22H26N4O. The molecule has 1 fully saturated rings. The average molecular weight is 362 g/mol. The van der Waals surface area contributed by atoms with Crippen LogP contribution < -0.4 is 10.2 Å². The molecule has 2 N–H and O–H groups in total. The number of nitrogens with one attached hydrogen (secondary N) is 2. The maximum atomic E-state index is 12.2. The monoisotopic (exact) mass is 362 g/mol. The number of rotatable bonds is 6. The van der Waals surface area contributed by atoms with Crippen LogP contribution in [0.25, 0.3) is 11.0 Å². The molecule has 0 radical (unpaired) electrons. The Balaban J connectivity index is 1.28. The van der Waals surface area contributed by atoms with Crippen molar-refractivity contribution in [1.29, 1.82) is 0 Å². The molecule has 27 heavy (non-hydrogen) atoms. The molecule has 5 nitrogen and oxygen atoms in total. The van der Waals surface area contributed by atoms with Gasteiger partial charge < -0.3 is 15.2 Å². The minimum absolute atomic E-state index is 0.0545. The normalized spacial score (nSPS) is 14.4. The van der Waals surface area contributed by atoms with Gasteiger partial charge in [0.1, 0.15) is 5.82 Å². The average Bonchev–Trinajstić information content (AvgIpc) is 3.15. The number of benzene rings is 2. The second kappa shape index (κ2) is 8.25. The van der Waals surface area contributed by atoms with E-state index in [4.69, 9.17) is 0 Å². The Bertz CT molecular complexity index is 878. The highest BCUT2D eigenvalue weighted by Crippen LogP contribution is 2.21. The predicted octanol–water partition coefficient (Wildman–Crippen LogP) is 3.80. The molecular weight excluding hydrogens is 336 g/mol. The van der Waals surface area contributed by atoms with Gasteiger partial charge in [0.25, 0.3) is 0 Å². The Morgan fingerprint density at radius 2 is 1.93 bits per heavy atom. The summed E-state index contributed by atoms with van der Waals surface area (Å²) in [5.41, 5.74) is 4.38. The number of para-hydroxylation sites is 2. The SMILES string of the molecule is O=C(CCc1nc2ccccc2[nH]1)NCc1cccc(N2CCCCC2)c1. The third-order valence-corrected chi connectivity index (χ3v) is 5.15. The number of nitrogens with zero attached hydrogens (tertiary/aromatic N) is 2. The van der Waals surface area contributed by atoms with E-state index in [0.29, 0.717) is 19.4 Å². The summed E-state index contributed by atoms with van der Waals surface area (Å²) in [5, 5.41) is 3.03. The molecule has 1 aromatic heterocycles. The van der Waals surface area contributed by atoms with Crippen molar-refractivity contribution in [3.8, 4) is 0 Å². The number of carbonyl (C=O) groups excluding carboxylic acids is 1. The number of amides is 1. The van der Waals surface area contributed by atoms with Crippen LogP contribution in [0.3, 0.4) is 0 Å². The first kappa shape index (κ1) is 17.6. The van der Waals surface area contributed by atoms with E-state index in [9.17, 15) is 4.79 Å². The van der Waals surface area contributed by atoms with E-state index in [1.807, 2.05) is 24.3 Å². The number of aromatic amines is 1. The van der Waals surface area contributed by atoms with Gasteiger partial charge in [-0.05, 0) is 49.1 Å². The summed E-state index contributed by atoms with van der Waals surface area (Å²) in [7, 11) is 0. The van der Waals surface area contributed by atoms with Gasteiger partial charge in [-0.15, -0.1) is 0 Å². The fraction of sp³-hybridized carbons (Fsp3) is 0.364. The van der Waals surface area contributed by atoms with Crippen LogP contribution in [0.2, 0.25) is 0 Å². The highest BCUT2D eigenvalue weighted by molar-refractivity contribution is 5.77. The fourth-order valence-electron chi connectivity index (χ4n) is 3.66. The Labute approximate surface area is 159 Å². The van der Waals surface area contributed by atoms with Crippen molar-refractivity contribution in [2.75, 3.05) is 18.0 Å². The van der Waals surface area contributed by atoms with Crippen LogP contribution in [0, 0.1) is 0 Å². The Hall–Kier alpha value is -2.82. The summed E-state index contributed by atoms with van der Waals surface area (Å²) >= 11 is 0. The van der Waals surface area contributed by atoms with E-state index in [1.165, 1.54) is 24.9 Å². The Morgan fingerprint density at radius 3 is 2.78 bits per heavy atom. The standard InChI is InChI=1S/C22H26N4O/c27-22(12-11-21-24-19-9-2-3-10-20(19)25-21)23-16-17-7-6-8-18(15-17)26-13-4-1-5-14-26/h2-3,6-10,15H,1,4-5,11-14,16H2,(H,23,27)(H,24,25). The van der Waals surface area contributed by atoms with Gasteiger partial charge in [0.05, 0.1) is 11.0 Å². The van der Waals surface area contributed by atoms with E-state index < -0.39 is 0 Å². The van der Waals surface area contributed by atoms with Crippen LogP contribution in [0.5, 0.6) is 0 Å². The highest BCUT2D eigenvalue weighted by atomic mass is 16.1. The molecule has 1 amide bonds. The van der Waals surface area contributed by atoms with Gasteiger partial charge in [-0.2, -0.15) is 0 Å². The summed E-state index contributed by atoms with van der Waals surface area (Å²) in [6.07, 6.45) is 4.92. The van der Waals surface area contributed by atoms with Gasteiger partial charge in [-0.1, -0.05) is 24.3 Å². The van der Waals surface area contributed by atoms with Gasteiger partial charge in [0.15, 0.2) is 0 Å².